The minimum absolute atomic E-state index is 0.0229. The molecule has 2 unspecified atom stereocenters. The lowest BCUT2D eigenvalue weighted by atomic mass is 10.0. The number of ether oxygens (including phenoxy) is 2. The third kappa shape index (κ3) is 74.0. The molecule has 0 aliphatic carbocycles. The monoisotopic (exact) mass is 1280 g/mol. The largest absolute Gasteiger partial charge is 0.472 e. The fourth-order valence-electron chi connectivity index (χ4n) is 10.9. The Hall–Kier alpha value is -3.07. The van der Waals surface area contributed by atoms with Gasteiger partial charge in [0.05, 0.1) is 27.7 Å². The number of esters is 2. The van der Waals surface area contributed by atoms with Crippen molar-refractivity contribution < 1.29 is 42.1 Å². The number of likely N-dealkylation sites (N-methyl/N-ethyl adjacent to an activating group) is 1. The molecule has 0 heterocycles. The standard InChI is InChI=1S/C80H144NO8P/c1-6-8-10-12-14-16-18-20-22-24-26-28-30-32-34-36-37-38-39-40-41-42-43-45-46-48-50-52-54-56-58-60-62-64-66-68-70-72-79(82)86-76-78(77-88-90(84,85)87-75-74-81(3,4)5)89-80(83)73-71-69-67-65-63-61-59-57-55-53-51-49-47-44-35-33-31-29-27-25-23-21-19-17-15-13-11-9-7-2/h9,11,15,17,21,23,27,29,33,35,47,49,53,55,59,61,78H,6-8,10,12-14,16,18-20,22,24-26,28,30-32,34,36-46,48,50-52,54,56-58,60,62-77H2,1-5H3/p+1/b11-9-,17-15-,23-21-,29-27-,35-33-,49-47-,55-53-,61-59-. The van der Waals surface area contributed by atoms with Gasteiger partial charge >= 0.3 is 19.8 Å². The summed E-state index contributed by atoms with van der Waals surface area (Å²) in [5.74, 6) is -0.819. The van der Waals surface area contributed by atoms with E-state index in [2.05, 4.69) is 111 Å². The summed E-state index contributed by atoms with van der Waals surface area (Å²) in [6.07, 6.45) is 98.4. The molecule has 0 aromatic rings. The van der Waals surface area contributed by atoms with Gasteiger partial charge in [-0.05, 0) is 77.0 Å². The van der Waals surface area contributed by atoms with Crippen molar-refractivity contribution in [1.82, 2.24) is 0 Å². The zero-order valence-electron chi connectivity index (χ0n) is 59.6. The van der Waals surface area contributed by atoms with Crippen LogP contribution in [0.3, 0.4) is 0 Å². The molecule has 9 nitrogen and oxygen atoms in total. The van der Waals surface area contributed by atoms with Crippen LogP contribution in [0.1, 0.15) is 348 Å². The second kappa shape index (κ2) is 70.3. The lowest BCUT2D eigenvalue weighted by Gasteiger charge is -2.24. The topological polar surface area (TPSA) is 108 Å². The highest BCUT2D eigenvalue weighted by Gasteiger charge is 2.27. The molecule has 0 saturated heterocycles. The molecule has 10 heteroatoms. The van der Waals surface area contributed by atoms with Crippen molar-refractivity contribution in [3.63, 3.8) is 0 Å². The lowest BCUT2D eigenvalue weighted by molar-refractivity contribution is -0.870. The summed E-state index contributed by atoms with van der Waals surface area (Å²) in [6, 6.07) is 0. The normalized spacial score (nSPS) is 13.6. The van der Waals surface area contributed by atoms with Gasteiger partial charge in [0, 0.05) is 12.8 Å². The number of hydrogen-bond donors (Lipinski definition) is 1. The van der Waals surface area contributed by atoms with Gasteiger partial charge in [0.1, 0.15) is 19.8 Å². The van der Waals surface area contributed by atoms with Gasteiger partial charge in [0.25, 0.3) is 0 Å². The molecule has 1 N–H and O–H groups in total. The Balaban J connectivity index is 4.01. The SMILES string of the molecule is CC/C=C\C/C=C\C/C=C\C/C=C\C/C=C\C/C=C\C/C=C\C/C=C\CCCCCCC(=O)OC(COC(=O)CCCCCCCCCCCCCCCCCCCCCCCCCCCCCCCCCCCCCCC)COP(=O)(O)OCC[N+](C)(C)C. The number of phosphoric acid groups is 1. The van der Waals surface area contributed by atoms with Gasteiger partial charge < -0.3 is 18.9 Å². The fraction of sp³-hybridized carbons (Fsp3) is 0.775. The summed E-state index contributed by atoms with van der Waals surface area (Å²) in [7, 11) is 1.46. The van der Waals surface area contributed by atoms with Gasteiger partial charge in [-0.25, -0.2) is 4.57 Å². The Kier molecular flexibility index (Phi) is 67.9. The minimum Gasteiger partial charge on any atom is -0.462 e. The second-order valence-corrected chi connectivity index (χ2v) is 28.1. The number of carbonyl (C=O) groups excluding carboxylic acids is 2. The zero-order chi connectivity index (χ0) is 65.5. The molecule has 0 fully saturated rings. The summed E-state index contributed by atoms with van der Waals surface area (Å²) >= 11 is 0. The molecule has 0 spiro atoms. The molecule has 0 aromatic carbocycles. The molecule has 0 aromatic heterocycles. The van der Waals surface area contributed by atoms with Crippen molar-refractivity contribution in [3.8, 4) is 0 Å². The van der Waals surface area contributed by atoms with E-state index >= 15 is 0 Å². The van der Waals surface area contributed by atoms with Crippen LogP contribution in [0.15, 0.2) is 97.2 Å². The van der Waals surface area contributed by atoms with Crippen LogP contribution in [0.5, 0.6) is 0 Å². The highest BCUT2D eigenvalue weighted by atomic mass is 31.2. The molecule has 0 radical (unpaired) electrons. The second-order valence-electron chi connectivity index (χ2n) is 26.7. The van der Waals surface area contributed by atoms with Crippen molar-refractivity contribution in [2.45, 2.75) is 354 Å². The van der Waals surface area contributed by atoms with Crippen molar-refractivity contribution >= 4 is 19.8 Å². The van der Waals surface area contributed by atoms with Gasteiger partial charge in [-0.15, -0.1) is 0 Å². The van der Waals surface area contributed by atoms with Crippen LogP contribution in [-0.2, 0) is 32.7 Å². The molecule has 0 amide bonds. The smallest absolute Gasteiger partial charge is 0.462 e. The van der Waals surface area contributed by atoms with Crippen LogP contribution in [0, 0.1) is 0 Å². The van der Waals surface area contributed by atoms with E-state index in [4.69, 9.17) is 18.5 Å². The van der Waals surface area contributed by atoms with Gasteiger partial charge in [0.2, 0.25) is 0 Å². The van der Waals surface area contributed by atoms with E-state index in [0.29, 0.717) is 17.4 Å². The number of nitrogens with zero attached hydrogens (tertiary/aromatic N) is 1. The molecule has 0 aliphatic rings. The van der Waals surface area contributed by atoms with Crippen LogP contribution in [-0.4, -0.2) is 74.9 Å². The van der Waals surface area contributed by atoms with E-state index in [9.17, 15) is 19.0 Å². The fourth-order valence-corrected chi connectivity index (χ4v) is 11.6. The summed E-state index contributed by atoms with van der Waals surface area (Å²) in [6.45, 7) is 4.33. The summed E-state index contributed by atoms with van der Waals surface area (Å²) in [5.41, 5.74) is 0. The highest BCUT2D eigenvalue weighted by Crippen LogP contribution is 2.43. The van der Waals surface area contributed by atoms with Gasteiger partial charge in [-0.1, -0.05) is 355 Å². The van der Waals surface area contributed by atoms with Crippen molar-refractivity contribution in [1.29, 1.82) is 0 Å². The van der Waals surface area contributed by atoms with Gasteiger partial charge in [0.15, 0.2) is 6.10 Å². The summed E-state index contributed by atoms with van der Waals surface area (Å²) in [4.78, 5) is 35.9. The highest BCUT2D eigenvalue weighted by molar-refractivity contribution is 7.47. The Bertz CT molecular complexity index is 1840. The number of quaternary nitrogens is 1. The average molecular weight is 1280 g/mol. The number of allylic oxidation sites excluding steroid dienone is 16. The molecule has 0 saturated carbocycles. The van der Waals surface area contributed by atoms with E-state index in [0.717, 1.165) is 96.3 Å². The maximum atomic E-state index is 12.9. The average Bonchev–Trinajstić information content (AvgIpc) is 3.58. The number of unbranched alkanes of at least 4 members (excludes halogenated alkanes) is 40. The molecular weight excluding hydrogens is 1130 g/mol. The molecule has 2 atom stereocenters. The molecular formula is C80H145NO8P+. The molecule has 0 rings (SSSR count). The Morgan fingerprint density at radius 3 is 0.944 bits per heavy atom. The van der Waals surface area contributed by atoms with E-state index in [-0.39, 0.29) is 32.0 Å². The Morgan fingerprint density at radius 1 is 0.356 bits per heavy atom. The first-order valence-corrected chi connectivity index (χ1v) is 39.5. The van der Waals surface area contributed by atoms with Crippen molar-refractivity contribution in [2.24, 2.45) is 0 Å². The zero-order valence-corrected chi connectivity index (χ0v) is 60.5. The first-order chi connectivity index (χ1) is 44.0. The number of hydrogen-bond acceptors (Lipinski definition) is 7. The van der Waals surface area contributed by atoms with Gasteiger partial charge in [-0.2, -0.15) is 0 Å². The van der Waals surface area contributed by atoms with Gasteiger partial charge in [-0.3, -0.25) is 18.6 Å². The first kappa shape index (κ1) is 86.9. The predicted octanol–water partition coefficient (Wildman–Crippen LogP) is 25.1. The molecule has 522 valence electrons. The van der Waals surface area contributed by atoms with Crippen LogP contribution >= 0.6 is 7.82 Å². The molecule has 90 heavy (non-hydrogen) atoms. The molecule has 0 bridgehead atoms. The van der Waals surface area contributed by atoms with E-state index in [1.54, 1.807) is 0 Å². The van der Waals surface area contributed by atoms with E-state index in [1.165, 1.54) is 218 Å². The quantitative estimate of drug-likeness (QED) is 0.0211. The Morgan fingerprint density at radius 2 is 0.633 bits per heavy atom. The summed E-state index contributed by atoms with van der Waals surface area (Å²) < 4.78 is 34.7. The van der Waals surface area contributed by atoms with Crippen molar-refractivity contribution in [3.05, 3.63) is 97.2 Å². The maximum absolute atomic E-state index is 12.9. The van der Waals surface area contributed by atoms with E-state index in [1.807, 2.05) is 21.1 Å². The predicted molar refractivity (Wildman–Crippen MR) is 390 cm³/mol. The van der Waals surface area contributed by atoms with Crippen LogP contribution < -0.4 is 0 Å². The lowest BCUT2D eigenvalue weighted by Crippen LogP contribution is -2.37. The minimum atomic E-state index is -4.41. The van der Waals surface area contributed by atoms with Crippen LogP contribution in [0.25, 0.3) is 0 Å². The van der Waals surface area contributed by atoms with E-state index < -0.39 is 26.5 Å². The number of carbonyl (C=O) groups is 2. The van der Waals surface area contributed by atoms with Crippen LogP contribution in [0.2, 0.25) is 0 Å². The first-order valence-electron chi connectivity index (χ1n) is 38.0. The summed E-state index contributed by atoms with van der Waals surface area (Å²) in [5, 5.41) is 0. The Labute approximate surface area is 557 Å². The molecule has 0 aliphatic heterocycles. The van der Waals surface area contributed by atoms with Crippen molar-refractivity contribution in [2.75, 3.05) is 47.5 Å². The number of rotatable bonds is 70. The third-order valence-electron chi connectivity index (χ3n) is 16.6. The maximum Gasteiger partial charge on any atom is 0.472 e. The number of phosphoric ester groups is 1. The third-order valence-corrected chi connectivity index (χ3v) is 17.6. The van der Waals surface area contributed by atoms with Crippen LogP contribution in [0.4, 0.5) is 0 Å².